The van der Waals surface area contributed by atoms with Crippen molar-refractivity contribution < 1.29 is 42.1 Å². The Labute approximate surface area is 244 Å². The molecule has 19 heteroatoms. The molecule has 17 nitrogen and oxygen atoms in total. The minimum atomic E-state index is -4.42. The number of esters is 1. The Bertz CT molecular complexity index is 1570. The van der Waals surface area contributed by atoms with E-state index in [4.69, 9.17) is 29.0 Å². The molecule has 3 heterocycles. The lowest BCUT2D eigenvalue weighted by atomic mass is 9.93. The van der Waals surface area contributed by atoms with E-state index in [2.05, 4.69) is 30.1 Å². The van der Waals surface area contributed by atoms with Gasteiger partial charge in [-0.1, -0.05) is 5.11 Å². The zero-order valence-corrected chi connectivity index (χ0v) is 24.7. The van der Waals surface area contributed by atoms with E-state index in [0.29, 0.717) is 0 Å². The maximum Gasteiger partial charge on any atom is 0.459 e. The second-order valence-corrected chi connectivity index (χ2v) is 11.7. The highest BCUT2D eigenvalue weighted by Crippen LogP contribution is 2.48. The maximum absolute atomic E-state index is 13.9. The molecule has 2 aromatic heterocycles. The summed E-state index contributed by atoms with van der Waals surface area (Å²) in [6.45, 7) is 5.53. The van der Waals surface area contributed by atoms with Crippen molar-refractivity contribution in [2.75, 3.05) is 19.5 Å². The van der Waals surface area contributed by atoms with Gasteiger partial charge in [-0.15, -0.1) is 0 Å². The number of hydrogen-bond acceptors (Lipinski definition) is 13. The number of methoxy groups -OCH3 is 1. The first-order chi connectivity index (χ1) is 20.3. The highest BCUT2D eigenvalue weighted by Gasteiger charge is 2.55. The topological polar surface area (TPSA) is 231 Å². The second kappa shape index (κ2) is 12.7. The molecule has 0 amide bonds. The first-order valence-electron chi connectivity index (χ1n) is 12.9. The quantitative estimate of drug-likeness (QED) is 0.0867. The van der Waals surface area contributed by atoms with Gasteiger partial charge >= 0.3 is 13.7 Å². The molecule has 1 saturated heterocycles. The third-order valence-electron chi connectivity index (χ3n) is 6.37. The fraction of sp³-hybridized carbons (Fsp3) is 0.500. The van der Waals surface area contributed by atoms with Crippen LogP contribution in [0.4, 0.5) is 10.3 Å². The molecule has 0 spiro atoms. The molecular formula is C24H31FN9O8P. The average molecular weight is 624 g/mol. The molecule has 6 atom stereocenters. The first kappa shape index (κ1) is 31.9. The lowest BCUT2D eigenvalue weighted by Crippen LogP contribution is -2.43. The Hall–Kier alpha value is -4.05. The minimum absolute atomic E-state index is 0.0394. The summed E-state index contributed by atoms with van der Waals surface area (Å²) >= 11 is 0. The van der Waals surface area contributed by atoms with Crippen molar-refractivity contribution in [3.63, 3.8) is 0 Å². The zero-order valence-electron chi connectivity index (χ0n) is 23.8. The number of imidazole rings is 1. The molecule has 1 aliphatic heterocycles. The predicted octanol–water partition coefficient (Wildman–Crippen LogP) is 3.02. The molecular weight excluding hydrogens is 592 g/mol. The fourth-order valence-corrected chi connectivity index (χ4v) is 5.83. The third kappa shape index (κ3) is 6.80. The van der Waals surface area contributed by atoms with Gasteiger partial charge in [0.2, 0.25) is 11.8 Å². The fourth-order valence-electron chi connectivity index (χ4n) is 4.32. The van der Waals surface area contributed by atoms with Gasteiger partial charge in [0.15, 0.2) is 17.4 Å². The molecule has 1 fully saturated rings. The van der Waals surface area contributed by atoms with Crippen LogP contribution >= 0.6 is 7.75 Å². The number of nitrogens with one attached hydrogen (secondary N) is 1. The molecule has 3 aromatic rings. The highest BCUT2D eigenvalue weighted by molar-refractivity contribution is 7.52. The second-order valence-electron chi connectivity index (χ2n) is 9.98. The van der Waals surface area contributed by atoms with E-state index in [1.165, 1.54) is 44.0 Å². The molecule has 0 bridgehead atoms. The van der Waals surface area contributed by atoms with Crippen molar-refractivity contribution in [2.45, 2.75) is 63.8 Å². The maximum atomic E-state index is 13.9. The summed E-state index contributed by atoms with van der Waals surface area (Å²) in [5.41, 5.74) is 13.9. The molecule has 1 aromatic carbocycles. The van der Waals surface area contributed by atoms with Gasteiger partial charge in [-0.25, -0.2) is 13.9 Å². The van der Waals surface area contributed by atoms with Crippen LogP contribution in [0.25, 0.3) is 21.6 Å². The number of nitrogen functional groups attached to an aromatic ring is 1. The largest absolute Gasteiger partial charge is 0.479 e. The lowest BCUT2D eigenvalue weighted by Gasteiger charge is -2.28. The van der Waals surface area contributed by atoms with Crippen LogP contribution in [-0.2, 0) is 23.4 Å². The number of rotatable bonds is 12. The Morgan fingerprint density at radius 2 is 2.05 bits per heavy atom. The summed E-state index contributed by atoms with van der Waals surface area (Å²) < 4.78 is 56.3. The van der Waals surface area contributed by atoms with Crippen molar-refractivity contribution in [3.8, 4) is 11.6 Å². The highest BCUT2D eigenvalue weighted by atomic mass is 31.2. The van der Waals surface area contributed by atoms with Crippen LogP contribution in [0.15, 0.2) is 35.7 Å². The lowest BCUT2D eigenvalue weighted by molar-refractivity contribution is -0.149. The average Bonchev–Trinajstić information content (AvgIpc) is 3.46. The van der Waals surface area contributed by atoms with Crippen LogP contribution in [0.1, 0.15) is 33.9 Å². The van der Waals surface area contributed by atoms with Crippen molar-refractivity contribution in [2.24, 2.45) is 5.11 Å². The molecule has 4 rings (SSSR count). The van der Waals surface area contributed by atoms with Crippen LogP contribution < -0.4 is 20.1 Å². The van der Waals surface area contributed by atoms with Gasteiger partial charge in [-0.2, -0.15) is 15.1 Å². The molecule has 232 valence electrons. The standard InChI is InChI=1S/C24H31FN9O8P/c1-12(2)40-21(36)13(3)31-43(37,42-15-8-6-14(25)7-9-15)39-10-16-18(35)24(4,32-33-27)22(41-16)34-11-28-17-19(34)29-23(26)30-20(17)38-5/h6-9,11-13,16,18,22,35H,10H2,1-5H3,(H,31,37)(H2,26,29,30)/t13-,16+,18+,22+,24+,43?/m0/s1. The Morgan fingerprint density at radius 1 is 1.35 bits per heavy atom. The number of aliphatic hydroxyl groups excluding tert-OH is 1. The number of fused-ring (bicyclic) bond motifs is 1. The summed E-state index contributed by atoms with van der Waals surface area (Å²) in [6.07, 6.45) is -3.12. The van der Waals surface area contributed by atoms with E-state index >= 15 is 0 Å². The first-order valence-corrected chi connectivity index (χ1v) is 14.5. The summed E-state index contributed by atoms with van der Waals surface area (Å²) in [7, 11) is -3.05. The number of carbonyl (C=O) groups excluding carboxylic acids is 1. The zero-order chi connectivity index (χ0) is 31.5. The van der Waals surface area contributed by atoms with E-state index in [1.54, 1.807) is 13.8 Å². The van der Waals surface area contributed by atoms with Gasteiger partial charge in [0.1, 0.15) is 29.3 Å². The molecule has 0 aliphatic carbocycles. The van der Waals surface area contributed by atoms with E-state index in [0.717, 1.165) is 12.1 Å². The normalized spacial score (nSPS) is 23.9. The summed E-state index contributed by atoms with van der Waals surface area (Å²) in [6, 6.07) is 3.42. The number of carbonyl (C=O) groups is 1. The van der Waals surface area contributed by atoms with Gasteiger partial charge in [0, 0.05) is 4.91 Å². The van der Waals surface area contributed by atoms with Crippen LogP contribution in [-0.4, -0.2) is 74.2 Å². The van der Waals surface area contributed by atoms with Crippen LogP contribution in [0.3, 0.4) is 0 Å². The predicted molar refractivity (Wildman–Crippen MR) is 148 cm³/mol. The molecule has 0 radical (unpaired) electrons. The van der Waals surface area contributed by atoms with Crippen LogP contribution in [0.5, 0.6) is 11.6 Å². The third-order valence-corrected chi connectivity index (χ3v) is 8.02. The SMILES string of the molecule is COc1nc(N)nc2c1ncn2[C@@H]1O[C@H](COP(=O)(N[C@@H](C)C(=O)OC(C)C)Oc2ccc(F)cc2)[C@@H](O)[C@@]1(C)N=[N+]=[N-]. The Kier molecular flexibility index (Phi) is 9.39. The van der Waals surface area contributed by atoms with Crippen LogP contribution in [0.2, 0.25) is 0 Å². The van der Waals surface area contributed by atoms with Gasteiger partial charge in [0.25, 0.3) is 0 Å². The number of aromatic nitrogens is 4. The number of nitrogens with zero attached hydrogens (tertiary/aromatic N) is 7. The van der Waals surface area contributed by atoms with Crippen molar-refractivity contribution >= 4 is 30.8 Å². The number of azide groups is 1. The van der Waals surface area contributed by atoms with Gasteiger partial charge < -0.3 is 29.6 Å². The Morgan fingerprint density at radius 3 is 2.67 bits per heavy atom. The van der Waals surface area contributed by atoms with Gasteiger partial charge in [-0.05, 0) is 57.5 Å². The van der Waals surface area contributed by atoms with E-state index < -0.39 is 62.3 Å². The summed E-state index contributed by atoms with van der Waals surface area (Å²) in [5.74, 6) is -1.39. The summed E-state index contributed by atoms with van der Waals surface area (Å²) in [4.78, 5) is 27.7. The Balaban J connectivity index is 1.63. The molecule has 1 unspecified atom stereocenters. The molecule has 0 saturated carbocycles. The molecule has 1 aliphatic rings. The van der Waals surface area contributed by atoms with Gasteiger partial charge in [0.05, 0.1) is 32.3 Å². The number of hydrogen-bond donors (Lipinski definition) is 3. The smallest absolute Gasteiger partial charge is 0.459 e. The van der Waals surface area contributed by atoms with Crippen LogP contribution in [0, 0.1) is 5.82 Å². The molecule has 4 N–H and O–H groups in total. The van der Waals surface area contributed by atoms with Gasteiger partial charge in [-0.3, -0.25) is 13.9 Å². The number of aliphatic hydroxyl groups is 1. The van der Waals surface area contributed by atoms with E-state index in [9.17, 15) is 24.4 Å². The number of halogens is 1. The van der Waals surface area contributed by atoms with Crippen molar-refractivity contribution in [1.82, 2.24) is 24.6 Å². The number of ether oxygens (including phenoxy) is 3. The number of benzene rings is 1. The number of nitrogens with two attached hydrogens (primary N) is 1. The monoisotopic (exact) mass is 623 g/mol. The van der Waals surface area contributed by atoms with Crippen molar-refractivity contribution in [3.05, 3.63) is 46.9 Å². The van der Waals surface area contributed by atoms with E-state index in [-0.39, 0.29) is 28.7 Å². The van der Waals surface area contributed by atoms with Crippen molar-refractivity contribution in [1.29, 1.82) is 0 Å². The molecule has 43 heavy (non-hydrogen) atoms. The summed E-state index contributed by atoms with van der Waals surface area (Å²) in [5, 5.41) is 17.6. The number of anilines is 1. The minimum Gasteiger partial charge on any atom is -0.479 e. The van der Waals surface area contributed by atoms with E-state index in [1.807, 2.05) is 0 Å².